The molecule has 2 aromatic heterocycles. The van der Waals surface area contributed by atoms with Gasteiger partial charge >= 0.3 is 17.9 Å². The molecule has 7 rings (SSSR count). The second-order valence-corrected chi connectivity index (χ2v) is 11.8. The molecule has 0 radical (unpaired) electrons. The van der Waals surface area contributed by atoms with Crippen LogP contribution in [0, 0.1) is 6.92 Å². The van der Waals surface area contributed by atoms with E-state index >= 15 is 0 Å². The number of Topliss-reactive ketones (excluding diaryl/α,β-unsaturated/α-hetero) is 1. The summed E-state index contributed by atoms with van der Waals surface area (Å²) in [6.07, 6.45) is 1.29. The SMILES string of the molecule is CCC1=C(C)c2cc3nc(cc4[nH]c(c5c6[nH]c(cc1n2)c(C)c6C(=O)OC5=O)[C@H]1CCC(=O)O[C@@]41C)C(C)=C3C(C)=O. The minimum absolute atomic E-state index is 0.128. The van der Waals surface area contributed by atoms with Crippen molar-refractivity contribution in [1.29, 1.82) is 0 Å². The summed E-state index contributed by atoms with van der Waals surface area (Å²) in [5.74, 6) is -2.42. The summed E-state index contributed by atoms with van der Waals surface area (Å²) in [6, 6.07) is 5.49. The van der Waals surface area contributed by atoms with Gasteiger partial charge in [0.2, 0.25) is 0 Å². The number of hydrogen-bond acceptors (Lipinski definition) is 8. The van der Waals surface area contributed by atoms with Crippen molar-refractivity contribution in [2.24, 2.45) is 0 Å². The van der Waals surface area contributed by atoms with E-state index in [4.69, 9.17) is 19.4 Å². The second kappa shape index (κ2) is 9.07. The fourth-order valence-electron chi connectivity index (χ4n) is 7.08. The van der Waals surface area contributed by atoms with E-state index in [1.54, 1.807) is 19.9 Å². The fraction of sp³-hybridized carbons (Fsp3) is 0.333. The normalized spacial score (nSPS) is 21.9. The van der Waals surface area contributed by atoms with Crippen LogP contribution in [0.1, 0.15) is 120 Å². The molecular formula is C33H30N4O6. The van der Waals surface area contributed by atoms with E-state index in [9.17, 15) is 19.2 Å². The third-order valence-corrected chi connectivity index (χ3v) is 9.37. The first-order chi connectivity index (χ1) is 20.4. The Bertz CT molecular complexity index is 2010. The van der Waals surface area contributed by atoms with Crippen LogP contribution in [0.3, 0.4) is 0 Å². The number of hydrogen-bond donors (Lipinski definition) is 2. The lowest BCUT2D eigenvalue weighted by Crippen LogP contribution is -2.37. The molecule has 0 saturated carbocycles. The lowest BCUT2D eigenvalue weighted by molar-refractivity contribution is -0.168. The number of allylic oxidation sites excluding steroid dienone is 4. The minimum atomic E-state index is -1.15. The van der Waals surface area contributed by atoms with Crippen LogP contribution >= 0.6 is 0 Å². The smallest absolute Gasteiger partial charge is 0.349 e. The lowest BCUT2D eigenvalue weighted by Gasteiger charge is -2.36. The lowest BCUT2D eigenvalue weighted by atomic mass is 9.79. The van der Waals surface area contributed by atoms with E-state index in [1.807, 2.05) is 32.9 Å². The van der Waals surface area contributed by atoms with Crippen molar-refractivity contribution in [3.05, 3.63) is 69.1 Å². The van der Waals surface area contributed by atoms with Gasteiger partial charge in [0.05, 0.1) is 39.5 Å². The molecule has 5 aliphatic heterocycles. The molecule has 1 fully saturated rings. The molecule has 0 aromatic carbocycles. The summed E-state index contributed by atoms with van der Waals surface area (Å²) in [6.45, 7) is 11.0. The number of aryl methyl sites for hydroxylation is 1. The molecule has 8 bridgehead atoms. The van der Waals surface area contributed by atoms with Gasteiger partial charge in [-0.05, 0) is 87.9 Å². The predicted molar refractivity (Wildman–Crippen MR) is 158 cm³/mol. The van der Waals surface area contributed by atoms with E-state index in [1.165, 1.54) is 6.92 Å². The van der Waals surface area contributed by atoms with Gasteiger partial charge < -0.3 is 19.4 Å². The third-order valence-electron chi connectivity index (χ3n) is 9.37. The Kier molecular flexibility index (Phi) is 5.69. The highest BCUT2D eigenvalue weighted by Gasteiger charge is 2.51. The number of nitrogens with one attached hydrogen (secondary N) is 2. The quantitative estimate of drug-likeness (QED) is 0.333. The van der Waals surface area contributed by atoms with E-state index in [0.29, 0.717) is 69.1 Å². The van der Waals surface area contributed by atoms with Gasteiger partial charge in [-0.15, -0.1) is 0 Å². The maximum Gasteiger partial charge on any atom is 0.349 e. The molecule has 2 N–H and O–H groups in total. The summed E-state index contributed by atoms with van der Waals surface area (Å²) in [5.41, 5.74) is 7.55. The van der Waals surface area contributed by atoms with Crippen molar-refractivity contribution < 1.29 is 28.7 Å². The van der Waals surface area contributed by atoms with Gasteiger partial charge in [-0.3, -0.25) is 9.59 Å². The molecule has 0 spiro atoms. The molecule has 218 valence electrons. The van der Waals surface area contributed by atoms with Crippen LogP contribution in [-0.2, 0) is 24.7 Å². The molecule has 1 saturated heterocycles. The summed E-state index contributed by atoms with van der Waals surface area (Å²) in [7, 11) is 0. The number of aromatic nitrogens is 4. The number of esters is 3. The molecule has 10 nitrogen and oxygen atoms in total. The van der Waals surface area contributed by atoms with Crippen molar-refractivity contribution >= 4 is 57.0 Å². The van der Waals surface area contributed by atoms with Crippen molar-refractivity contribution in [3.8, 4) is 0 Å². The number of aromatic amines is 2. The summed E-state index contributed by atoms with van der Waals surface area (Å²) < 4.78 is 11.3. The van der Waals surface area contributed by atoms with E-state index in [-0.39, 0.29) is 29.3 Å². The Morgan fingerprint density at radius 2 is 1.65 bits per heavy atom. The molecule has 7 heterocycles. The molecule has 0 amide bonds. The van der Waals surface area contributed by atoms with Crippen molar-refractivity contribution in [3.63, 3.8) is 0 Å². The second-order valence-electron chi connectivity index (χ2n) is 11.8. The van der Waals surface area contributed by atoms with E-state index in [2.05, 4.69) is 9.97 Å². The van der Waals surface area contributed by atoms with Crippen molar-refractivity contribution in [1.82, 2.24) is 19.9 Å². The van der Waals surface area contributed by atoms with E-state index < -0.39 is 23.5 Å². The number of nitrogens with zero attached hydrogens (tertiary/aromatic N) is 2. The number of carbonyl (C=O) groups excluding carboxylic acids is 4. The Hall–Kier alpha value is -4.86. The summed E-state index contributed by atoms with van der Waals surface area (Å²) in [5, 5.41) is 0. The zero-order valence-corrected chi connectivity index (χ0v) is 24.8. The number of H-pyrrole nitrogens is 2. The summed E-state index contributed by atoms with van der Waals surface area (Å²) in [4.78, 5) is 68.6. The van der Waals surface area contributed by atoms with Crippen LogP contribution in [0.15, 0.2) is 18.2 Å². The third kappa shape index (κ3) is 3.71. The van der Waals surface area contributed by atoms with Crippen molar-refractivity contribution in [2.75, 3.05) is 0 Å². The van der Waals surface area contributed by atoms with Crippen LogP contribution in [-0.4, -0.2) is 43.6 Å². The molecule has 43 heavy (non-hydrogen) atoms. The first kappa shape index (κ1) is 27.0. The monoisotopic (exact) mass is 578 g/mol. The number of ether oxygens (including phenoxy) is 2. The van der Waals surface area contributed by atoms with Gasteiger partial charge in [-0.1, -0.05) is 6.92 Å². The standard InChI is InChI=1S/C33H30N4O6/c1-7-17-13(2)19-11-23-26(16(5)38)14(3)21(35-23)12-24-33(6)18(8-9-25(39)43-33)29(37-24)28-30-27(31(40)42-32(28)41)15(4)20(36-30)10-22(17)34-19/h10-12,18,36-37H,7-9H2,1-6H3/t18-,33-/m1/s1. The first-order valence-electron chi connectivity index (χ1n) is 14.4. The van der Waals surface area contributed by atoms with Crippen LogP contribution < -0.4 is 0 Å². The molecule has 10 heteroatoms. The minimum Gasteiger partial charge on any atom is -0.452 e. The Labute approximate surface area is 246 Å². The largest absolute Gasteiger partial charge is 0.452 e. The van der Waals surface area contributed by atoms with Gasteiger partial charge in [-0.2, -0.15) is 0 Å². The zero-order chi connectivity index (χ0) is 30.5. The van der Waals surface area contributed by atoms with Gasteiger partial charge in [-0.25, -0.2) is 19.6 Å². The first-order valence-corrected chi connectivity index (χ1v) is 14.4. The van der Waals surface area contributed by atoms with Crippen LogP contribution in [0.5, 0.6) is 0 Å². The van der Waals surface area contributed by atoms with Crippen LogP contribution in [0.25, 0.3) is 33.3 Å². The number of cyclic esters (lactones) is 2. The van der Waals surface area contributed by atoms with Crippen LogP contribution in [0.2, 0.25) is 0 Å². The maximum absolute atomic E-state index is 13.5. The topological polar surface area (TPSA) is 144 Å². The maximum atomic E-state index is 13.5. The molecular weight excluding hydrogens is 548 g/mol. The summed E-state index contributed by atoms with van der Waals surface area (Å²) >= 11 is 0. The van der Waals surface area contributed by atoms with E-state index in [0.717, 1.165) is 16.8 Å². The van der Waals surface area contributed by atoms with Crippen molar-refractivity contribution in [2.45, 2.75) is 72.3 Å². The fourth-order valence-corrected chi connectivity index (χ4v) is 7.08. The highest BCUT2D eigenvalue weighted by molar-refractivity contribution is 6.27. The highest BCUT2D eigenvalue weighted by Crippen LogP contribution is 2.51. The Morgan fingerprint density at radius 3 is 2.37 bits per heavy atom. The highest BCUT2D eigenvalue weighted by atomic mass is 16.6. The predicted octanol–water partition coefficient (Wildman–Crippen LogP) is 5.85. The number of carbonyl (C=O) groups is 4. The average molecular weight is 579 g/mol. The molecule has 0 aliphatic carbocycles. The molecule has 2 atom stereocenters. The number of ketones is 1. The Balaban J connectivity index is 1.70. The van der Waals surface area contributed by atoms with Gasteiger partial charge in [0.1, 0.15) is 5.56 Å². The number of rotatable bonds is 2. The van der Waals surface area contributed by atoms with Crippen LogP contribution in [0.4, 0.5) is 0 Å². The molecule has 0 unspecified atom stereocenters. The zero-order valence-electron chi connectivity index (χ0n) is 24.8. The van der Waals surface area contributed by atoms with Gasteiger partial charge in [0.25, 0.3) is 0 Å². The average Bonchev–Trinajstić information content (AvgIpc) is 3.60. The van der Waals surface area contributed by atoms with Gasteiger partial charge in [0.15, 0.2) is 11.4 Å². The molecule has 2 aromatic rings. The molecule has 5 aliphatic rings. The Morgan fingerprint density at radius 1 is 0.953 bits per heavy atom. The van der Waals surface area contributed by atoms with Gasteiger partial charge in [0, 0.05) is 29.1 Å². The number of fused-ring (bicyclic) bond motifs is 11.